The Hall–Kier alpha value is -0.980. The maximum absolute atomic E-state index is 8.98. The van der Waals surface area contributed by atoms with Gasteiger partial charge in [0.1, 0.15) is 0 Å². The summed E-state index contributed by atoms with van der Waals surface area (Å²) in [4.78, 5) is 4.83. The van der Waals surface area contributed by atoms with Crippen molar-refractivity contribution in [1.29, 1.82) is 0 Å². The largest absolute Gasteiger partial charge is 0.383 e. The summed E-state index contributed by atoms with van der Waals surface area (Å²) in [6.45, 7) is 2.79. The van der Waals surface area contributed by atoms with Crippen molar-refractivity contribution in [2.24, 2.45) is 5.73 Å². The molecule has 70 valence electrons. The summed E-state index contributed by atoms with van der Waals surface area (Å²) in [5.74, 6) is 0.200. The average molecular weight is 175 g/mol. The fourth-order valence-corrected chi connectivity index (χ4v) is 0.847. The minimum atomic E-state index is 0.200. The molecular formula is C6H13N3O3. The van der Waals surface area contributed by atoms with Crippen LogP contribution in [0, 0.1) is 0 Å². The third-order valence-electron chi connectivity index (χ3n) is 1.63. The summed E-state index contributed by atoms with van der Waals surface area (Å²) < 4.78 is 4.84. The summed E-state index contributed by atoms with van der Waals surface area (Å²) >= 11 is 0. The lowest BCUT2D eigenvalue weighted by Crippen LogP contribution is -2.26. The van der Waals surface area contributed by atoms with Crippen molar-refractivity contribution in [2.45, 2.75) is 6.92 Å². The number of methoxy groups -OCH3 is 1. The van der Waals surface area contributed by atoms with Crippen LogP contribution in [0.4, 0.5) is 0 Å². The Morgan fingerprint density at radius 2 is 2.33 bits per heavy atom. The van der Waals surface area contributed by atoms with E-state index in [0.29, 0.717) is 24.1 Å². The van der Waals surface area contributed by atoms with Gasteiger partial charge in [0, 0.05) is 7.11 Å². The van der Waals surface area contributed by atoms with E-state index in [-0.39, 0.29) is 5.82 Å². The fourth-order valence-electron chi connectivity index (χ4n) is 0.847. The third kappa shape index (κ3) is 1.60. The molecule has 1 aliphatic rings. The molecular weight excluding hydrogens is 162 g/mol. The zero-order chi connectivity index (χ0) is 9.14. The lowest BCUT2D eigenvalue weighted by molar-refractivity contribution is -0.389. The van der Waals surface area contributed by atoms with Crippen LogP contribution in [-0.2, 0) is 9.68 Å². The molecule has 0 spiro atoms. The molecule has 1 heterocycles. The van der Waals surface area contributed by atoms with Gasteiger partial charge in [-0.1, -0.05) is 5.23 Å². The number of rotatable bonds is 3. The first-order valence-corrected chi connectivity index (χ1v) is 3.56. The number of allylic oxidation sites excluding steroid dienone is 1. The van der Waals surface area contributed by atoms with Crippen LogP contribution in [0.1, 0.15) is 6.92 Å². The van der Waals surface area contributed by atoms with E-state index in [1.807, 2.05) is 0 Å². The first kappa shape index (κ1) is 9.11. The molecule has 0 bridgehead atoms. The molecule has 0 amide bonds. The zero-order valence-corrected chi connectivity index (χ0v) is 7.15. The van der Waals surface area contributed by atoms with Crippen molar-refractivity contribution in [1.82, 2.24) is 10.3 Å². The van der Waals surface area contributed by atoms with Gasteiger partial charge in [-0.25, -0.2) is 5.06 Å². The van der Waals surface area contributed by atoms with Gasteiger partial charge in [-0.05, 0) is 6.92 Å². The van der Waals surface area contributed by atoms with Crippen molar-refractivity contribution >= 4 is 0 Å². The van der Waals surface area contributed by atoms with Gasteiger partial charge in [-0.15, -0.1) is 4.94 Å². The Bertz CT molecular complexity index is 194. The summed E-state index contributed by atoms with van der Waals surface area (Å²) in [5.41, 5.74) is 6.11. The molecule has 0 saturated heterocycles. The summed E-state index contributed by atoms with van der Waals surface area (Å²) in [6, 6.07) is 0. The van der Waals surface area contributed by atoms with Crippen LogP contribution in [0.25, 0.3) is 0 Å². The highest BCUT2D eigenvalue weighted by atomic mass is 17.0. The third-order valence-corrected chi connectivity index (χ3v) is 1.63. The molecule has 12 heavy (non-hydrogen) atoms. The average Bonchev–Trinajstić information content (AvgIpc) is 2.30. The van der Waals surface area contributed by atoms with Gasteiger partial charge in [0.2, 0.25) is 0 Å². The number of nitrogens with two attached hydrogens (primary N) is 1. The van der Waals surface area contributed by atoms with Crippen molar-refractivity contribution < 1.29 is 14.9 Å². The molecule has 0 aromatic carbocycles. The maximum Gasteiger partial charge on any atom is 0.178 e. The summed E-state index contributed by atoms with van der Waals surface area (Å²) in [7, 11) is 1.59. The molecule has 0 fully saturated rings. The van der Waals surface area contributed by atoms with Crippen molar-refractivity contribution in [2.75, 3.05) is 20.3 Å². The molecule has 0 unspecified atom stereocenters. The monoisotopic (exact) mass is 175 g/mol. The summed E-state index contributed by atoms with van der Waals surface area (Å²) in [5, 5.41) is 11.0. The Kier molecular flexibility index (Phi) is 2.74. The molecule has 0 aromatic heterocycles. The molecule has 3 N–H and O–H groups in total. The highest BCUT2D eigenvalue weighted by Gasteiger charge is 2.24. The van der Waals surface area contributed by atoms with Gasteiger partial charge < -0.3 is 10.5 Å². The SMILES string of the molecule is COCCN1ON(O)C(N)=C1C. The number of hydrogen-bond acceptors (Lipinski definition) is 6. The van der Waals surface area contributed by atoms with Gasteiger partial charge in [-0.2, -0.15) is 0 Å². The van der Waals surface area contributed by atoms with E-state index in [4.69, 9.17) is 20.6 Å². The standard InChI is InChI=1S/C6H13N3O3/c1-5-6(7)9(10)12-8(5)3-4-11-2/h10H,3-4,7H2,1-2H3. The zero-order valence-electron chi connectivity index (χ0n) is 7.15. The van der Waals surface area contributed by atoms with Gasteiger partial charge in [0.05, 0.1) is 18.8 Å². The minimum Gasteiger partial charge on any atom is -0.383 e. The van der Waals surface area contributed by atoms with Crippen LogP contribution in [0.15, 0.2) is 11.5 Å². The molecule has 0 aliphatic carbocycles. The Balaban J connectivity index is 2.49. The second-order valence-corrected chi connectivity index (χ2v) is 2.42. The molecule has 1 rings (SSSR count). The number of hydroxylamine groups is 4. The Morgan fingerprint density at radius 1 is 1.67 bits per heavy atom. The fraction of sp³-hybridized carbons (Fsp3) is 0.667. The van der Waals surface area contributed by atoms with E-state index in [2.05, 4.69) is 0 Å². The van der Waals surface area contributed by atoms with E-state index in [0.717, 1.165) is 0 Å². The normalized spacial score (nSPS) is 17.9. The van der Waals surface area contributed by atoms with Gasteiger partial charge in [0.15, 0.2) is 5.82 Å². The van der Waals surface area contributed by atoms with Crippen LogP contribution >= 0.6 is 0 Å². The predicted molar refractivity (Wildman–Crippen MR) is 40.2 cm³/mol. The minimum absolute atomic E-state index is 0.200. The molecule has 0 aromatic rings. The molecule has 0 radical (unpaired) electrons. The topological polar surface area (TPSA) is 71.2 Å². The van der Waals surface area contributed by atoms with Crippen LogP contribution in [0.5, 0.6) is 0 Å². The van der Waals surface area contributed by atoms with E-state index < -0.39 is 0 Å². The van der Waals surface area contributed by atoms with Crippen molar-refractivity contribution in [3.63, 3.8) is 0 Å². The first-order valence-electron chi connectivity index (χ1n) is 3.56. The highest BCUT2D eigenvalue weighted by Crippen LogP contribution is 2.18. The number of hydrogen-bond donors (Lipinski definition) is 2. The van der Waals surface area contributed by atoms with E-state index in [9.17, 15) is 0 Å². The molecule has 1 aliphatic heterocycles. The Labute approximate surface area is 70.6 Å². The number of nitrogens with zero attached hydrogens (tertiary/aromatic N) is 2. The van der Waals surface area contributed by atoms with Gasteiger partial charge in [0.25, 0.3) is 0 Å². The van der Waals surface area contributed by atoms with Crippen molar-refractivity contribution in [3.8, 4) is 0 Å². The van der Waals surface area contributed by atoms with Crippen LogP contribution in [0.2, 0.25) is 0 Å². The van der Waals surface area contributed by atoms with Crippen LogP contribution in [0.3, 0.4) is 0 Å². The number of ether oxygens (including phenoxy) is 1. The van der Waals surface area contributed by atoms with Crippen molar-refractivity contribution in [3.05, 3.63) is 11.5 Å². The van der Waals surface area contributed by atoms with E-state index in [1.165, 1.54) is 5.06 Å². The van der Waals surface area contributed by atoms with E-state index in [1.54, 1.807) is 14.0 Å². The molecule has 6 heteroatoms. The van der Waals surface area contributed by atoms with E-state index >= 15 is 0 Å². The smallest absolute Gasteiger partial charge is 0.178 e. The lowest BCUT2D eigenvalue weighted by Gasteiger charge is -2.16. The Morgan fingerprint density at radius 3 is 2.75 bits per heavy atom. The highest BCUT2D eigenvalue weighted by molar-refractivity contribution is 5.04. The van der Waals surface area contributed by atoms with Gasteiger partial charge >= 0.3 is 0 Å². The second kappa shape index (κ2) is 3.61. The second-order valence-electron chi connectivity index (χ2n) is 2.42. The predicted octanol–water partition coefficient (Wildman–Crippen LogP) is -0.366. The molecule has 0 saturated carbocycles. The maximum atomic E-state index is 8.98. The van der Waals surface area contributed by atoms with Crippen LogP contribution in [-0.4, -0.2) is 35.8 Å². The summed E-state index contributed by atoms with van der Waals surface area (Å²) in [6.07, 6.45) is 0. The quantitative estimate of drug-likeness (QED) is 0.610. The molecule has 0 atom stereocenters. The van der Waals surface area contributed by atoms with Crippen LogP contribution < -0.4 is 5.73 Å². The van der Waals surface area contributed by atoms with Gasteiger partial charge in [-0.3, -0.25) is 5.21 Å². The molecule has 6 nitrogen and oxygen atoms in total. The lowest BCUT2D eigenvalue weighted by atomic mass is 10.4. The first-order chi connectivity index (χ1) is 5.66.